The molecule has 0 atom stereocenters. The highest BCUT2D eigenvalue weighted by molar-refractivity contribution is 5.46. The van der Waals surface area contributed by atoms with Gasteiger partial charge in [0.2, 0.25) is 0 Å². The molecule has 1 aromatic carbocycles. The van der Waals surface area contributed by atoms with Crippen molar-refractivity contribution in [3.05, 3.63) is 23.8 Å². The molecule has 0 radical (unpaired) electrons. The molecule has 0 aromatic heterocycles. The highest BCUT2D eigenvalue weighted by Gasteiger charge is 2.26. The Kier molecular flexibility index (Phi) is 5.95. The van der Waals surface area contributed by atoms with Gasteiger partial charge in [0, 0.05) is 6.42 Å². The van der Waals surface area contributed by atoms with Gasteiger partial charge in [-0.25, -0.2) is 0 Å². The average Bonchev–Trinajstić information content (AvgIpc) is 2.35. The van der Waals surface area contributed by atoms with Crippen LogP contribution in [0.15, 0.2) is 18.2 Å². The highest BCUT2D eigenvalue weighted by atomic mass is 19.4. The summed E-state index contributed by atoms with van der Waals surface area (Å²) in [4.78, 5) is 0. The predicted octanol–water partition coefficient (Wildman–Crippen LogP) is 2.92. The van der Waals surface area contributed by atoms with Gasteiger partial charge in [0.25, 0.3) is 0 Å². The second-order valence-electron chi connectivity index (χ2n) is 4.05. The van der Waals surface area contributed by atoms with Gasteiger partial charge < -0.3 is 15.2 Å². The maximum absolute atomic E-state index is 12.0. The molecule has 0 aliphatic rings. The molecule has 1 rings (SSSR count). The van der Waals surface area contributed by atoms with Crippen LogP contribution in [0.4, 0.5) is 13.2 Å². The Morgan fingerprint density at radius 3 is 2.58 bits per heavy atom. The number of hydrogen-bond acceptors (Lipinski definition) is 3. The molecule has 0 heterocycles. The Labute approximate surface area is 110 Å². The van der Waals surface area contributed by atoms with Crippen LogP contribution in [0.1, 0.15) is 18.4 Å². The first kappa shape index (κ1) is 15.6. The fourth-order valence-electron chi connectivity index (χ4n) is 1.69. The second-order valence-corrected chi connectivity index (χ2v) is 4.05. The number of methoxy groups -OCH3 is 1. The molecule has 0 bridgehead atoms. The lowest BCUT2D eigenvalue weighted by Gasteiger charge is -2.15. The number of ether oxygens (including phenoxy) is 2. The lowest BCUT2D eigenvalue weighted by molar-refractivity contribution is -0.136. The third-order valence-corrected chi connectivity index (χ3v) is 2.55. The molecule has 0 aliphatic heterocycles. The molecule has 6 heteroatoms. The molecule has 0 amide bonds. The summed E-state index contributed by atoms with van der Waals surface area (Å²) in [7, 11) is 1.49. The number of benzene rings is 1. The monoisotopic (exact) mass is 277 g/mol. The Morgan fingerprint density at radius 1 is 1.26 bits per heavy atom. The molecule has 1 aromatic rings. The van der Waals surface area contributed by atoms with Crippen LogP contribution in [0, 0.1) is 0 Å². The summed E-state index contributed by atoms with van der Waals surface area (Å²) < 4.78 is 46.7. The molecule has 0 aliphatic carbocycles. The zero-order valence-corrected chi connectivity index (χ0v) is 10.8. The molecular formula is C13H18F3NO2. The van der Waals surface area contributed by atoms with Crippen LogP contribution in [0.25, 0.3) is 0 Å². The smallest absolute Gasteiger partial charge is 0.389 e. The van der Waals surface area contributed by atoms with Gasteiger partial charge in [0.15, 0.2) is 11.5 Å². The Hall–Kier alpha value is -1.43. The van der Waals surface area contributed by atoms with Gasteiger partial charge in [-0.2, -0.15) is 13.2 Å². The van der Waals surface area contributed by atoms with Gasteiger partial charge in [-0.1, -0.05) is 12.1 Å². The minimum absolute atomic E-state index is 0.00253. The quantitative estimate of drug-likeness (QED) is 0.779. The second kappa shape index (κ2) is 7.23. The van der Waals surface area contributed by atoms with Crippen molar-refractivity contribution in [3.63, 3.8) is 0 Å². The summed E-state index contributed by atoms with van der Waals surface area (Å²) >= 11 is 0. The number of rotatable bonds is 7. The van der Waals surface area contributed by atoms with E-state index >= 15 is 0 Å². The molecule has 0 fully saturated rings. The number of para-hydroxylation sites is 1. The summed E-state index contributed by atoms with van der Waals surface area (Å²) in [5, 5.41) is 0. The van der Waals surface area contributed by atoms with E-state index in [1.165, 1.54) is 7.11 Å². The van der Waals surface area contributed by atoms with Crippen molar-refractivity contribution in [2.24, 2.45) is 5.73 Å². The molecule has 0 spiro atoms. The van der Waals surface area contributed by atoms with Gasteiger partial charge in [0.1, 0.15) is 0 Å². The van der Waals surface area contributed by atoms with E-state index in [-0.39, 0.29) is 13.0 Å². The van der Waals surface area contributed by atoms with Crippen LogP contribution in [-0.4, -0.2) is 26.4 Å². The third-order valence-electron chi connectivity index (χ3n) is 2.55. The first-order valence-corrected chi connectivity index (χ1v) is 6.03. The lowest BCUT2D eigenvalue weighted by Crippen LogP contribution is -2.11. The zero-order chi connectivity index (χ0) is 14.3. The molecule has 108 valence electrons. The summed E-state index contributed by atoms with van der Waals surface area (Å²) in [6.45, 7) is 0.434. The van der Waals surface area contributed by atoms with E-state index in [0.717, 1.165) is 5.56 Å². The van der Waals surface area contributed by atoms with Gasteiger partial charge in [-0.3, -0.25) is 0 Å². The Morgan fingerprint density at radius 2 is 2.00 bits per heavy atom. The van der Waals surface area contributed by atoms with E-state index < -0.39 is 12.6 Å². The van der Waals surface area contributed by atoms with Gasteiger partial charge >= 0.3 is 6.18 Å². The van der Waals surface area contributed by atoms with E-state index in [1.807, 2.05) is 6.07 Å². The topological polar surface area (TPSA) is 44.5 Å². The Bertz CT molecular complexity index is 394. The van der Waals surface area contributed by atoms with Crippen molar-refractivity contribution in [1.82, 2.24) is 0 Å². The molecule has 2 N–H and O–H groups in total. The summed E-state index contributed by atoms with van der Waals surface area (Å²) in [6.07, 6.45) is -4.49. The van der Waals surface area contributed by atoms with E-state index in [2.05, 4.69) is 0 Å². The number of nitrogens with two attached hydrogens (primary N) is 1. The summed E-state index contributed by atoms with van der Waals surface area (Å²) in [6, 6.07) is 5.33. The summed E-state index contributed by atoms with van der Waals surface area (Å²) in [5.41, 5.74) is 6.33. The van der Waals surface area contributed by atoms with Crippen molar-refractivity contribution >= 4 is 0 Å². The third kappa shape index (κ3) is 5.38. The van der Waals surface area contributed by atoms with E-state index in [9.17, 15) is 13.2 Å². The number of hydrogen-bond donors (Lipinski definition) is 1. The predicted molar refractivity (Wildman–Crippen MR) is 66.5 cm³/mol. The zero-order valence-electron chi connectivity index (χ0n) is 10.8. The molecule has 0 saturated heterocycles. The molecule has 0 saturated carbocycles. The minimum Gasteiger partial charge on any atom is -0.493 e. The largest absolute Gasteiger partial charge is 0.493 e. The highest BCUT2D eigenvalue weighted by Crippen LogP contribution is 2.31. The minimum atomic E-state index is -4.15. The van der Waals surface area contributed by atoms with Crippen molar-refractivity contribution in [2.75, 3.05) is 20.3 Å². The maximum atomic E-state index is 12.0. The maximum Gasteiger partial charge on any atom is 0.389 e. The fourth-order valence-corrected chi connectivity index (χ4v) is 1.69. The van der Waals surface area contributed by atoms with Crippen LogP contribution in [-0.2, 0) is 6.42 Å². The number of alkyl halides is 3. The first-order valence-electron chi connectivity index (χ1n) is 6.03. The van der Waals surface area contributed by atoms with E-state index in [1.54, 1.807) is 12.1 Å². The van der Waals surface area contributed by atoms with Crippen LogP contribution < -0.4 is 15.2 Å². The fraction of sp³-hybridized carbons (Fsp3) is 0.538. The van der Waals surface area contributed by atoms with Gasteiger partial charge in [-0.15, -0.1) is 0 Å². The van der Waals surface area contributed by atoms with Crippen molar-refractivity contribution in [3.8, 4) is 11.5 Å². The van der Waals surface area contributed by atoms with Gasteiger partial charge in [-0.05, 0) is 31.0 Å². The van der Waals surface area contributed by atoms with Crippen molar-refractivity contribution < 1.29 is 22.6 Å². The van der Waals surface area contributed by atoms with Crippen molar-refractivity contribution in [2.45, 2.75) is 25.4 Å². The number of halogens is 3. The van der Waals surface area contributed by atoms with Crippen LogP contribution in [0.3, 0.4) is 0 Å². The van der Waals surface area contributed by atoms with Crippen molar-refractivity contribution in [1.29, 1.82) is 0 Å². The standard InChI is InChI=1S/C13H18F3NO2/c1-18-11-5-2-4-10(6-8-17)12(11)19-9-3-7-13(14,15)16/h2,4-5H,3,6-9,17H2,1H3. The van der Waals surface area contributed by atoms with Crippen LogP contribution in [0.5, 0.6) is 11.5 Å². The molecule has 19 heavy (non-hydrogen) atoms. The van der Waals surface area contributed by atoms with Gasteiger partial charge in [0.05, 0.1) is 13.7 Å². The molecular weight excluding hydrogens is 259 g/mol. The molecule has 3 nitrogen and oxygen atoms in total. The molecule has 0 unspecified atom stereocenters. The van der Waals surface area contributed by atoms with Crippen LogP contribution >= 0.6 is 0 Å². The van der Waals surface area contributed by atoms with E-state index in [0.29, 0.717) is 24.5 Å². The summed E-state index contributed by atoms with van der Waals surface area (Å²) in [5.74, 6) is 0.996. The van der Waals surface area contributed by atoms with E-state index in [4.69, 9.17) is 15.2 Å². The van der Waals surface area contributed by atoms with Crippen LogP contribution in [0.2, 0.25) is 0 Å². The average molecular weight is 277 g/mol. The Balaban J connectivity index is 2.64. The first-order chi connectivity index (χ1) is 8.98. The lowest BCUT2D eigenvalue weighted by atomic mass is 10.1. The normalized spacial score (nSPS) is 11.4. The SMILES string of the molecule is COc1cccc(CCN)c1OCCCC(F)(F)F.